The van der Waals surface area contributed by atoms with E-state index in [4.69, 9.17) is 0 Å². The largest absolute Gasteiger partial charge is 0.508 e. The molecular formula is C13H11NO2S. The molecule has 1 aromatic heterocycles. The van der Waals surface area contributed by atoms with Gasteiger partial charge in [0.1, 0.15) is 5.75 Å². The third-order valence-corrected chi connectivity index (χ3v) is 4.25. The summed E-state index contributed by atoms with van der Waals surface area (Å²) in [6, 6.07) is 5.05. The minimum Gasteiger partial charge on any atom is -0.508 e. The van der Waals surface area contributed by atoms with Gasteiger partial charge in [-0.05, 0) is 24.6 Å². The van der Waals surface area contributed by atoms with Crippen molar-refractivity contribution in [1.29, 1.82) is 0 Å². The van der Waals surface area contributed by atoms with E-state index in [-0.39, 0.29) is 17.5 Å². The summed E-state index contributed by atoms with van der Waals surface area (Å²) < 4.78 is 0. The number of benzene rings is 1. The molecule has 3 nitrogen and oxygen atoms in total. The van der Waals surface area contributed by atoms with E-state index in [1.807, 2.05) is 18.5 Å². The topological polar surface area (TPSA) is 50.2 Å². The number of ketones is 1. The molecule has 17 heavy (non-hydrogen) atoms. The Labute approximate surface area is 103 Å². The fourth-order valence-electron chi connectivity index (χ4n) is 2.37. The molecule has 86 valence electrons. The number of nitrogens with zero attached hydrogens (tertiary/aromatic N) is 1. The molecule has 4 heteroatoms. The molecule has 3 rings (SSSR count). The summed E-state index contributed by atoms with van der Waals surface area (Å²) in [5.74, 6) is 0.373. The van der Waals surface area contributed by atoms with Crippen LogP contribution < -0.4 is 0 Å². The Bertz CT molecular complexity index is 603. The number of rotatable bonds is 1. The van der Waals surface area contributed by atoms with Crippen molar-refractivity contribution >= 4 is 17.1 Å². The van der Waals surface area contributed by atoms with Crippen molar-refractivity contribution < 1.29 is 9.90 Å². The van der Waals surface area contributed by atoms with E-state index in [1.165, 1.54) is 0 Å². The van der Waals surface area contributed by atoms with E-state index in [2.05, 4.69) is 4.98 Å². The van der Waals surface area contributed by atoms with Gasteiger partial charge in [0.15, 0.2) is 5.78 Å². The molecule has 1 N–H and O–H groups in total. The fraction of sp³-hybridized carbons (Fsp3) is 0.231. The maximum absolute atomic E-state index is 11.9. The summed E-state index contributed by atoms with van der Waals surface area (Å²) in [5, 5.41) is 9.42. The number of aryl methyl sites for hydroxylation is 1. The highest BCUT2D eigenvalue weighted by Crippen LogP contribution is 2.41. The molecule has 0 bridgehead atoms. The molecule has 0 saturated heterocycles. The smallest absolute Gasteiger partial charge is 0.164 e. The van der Waals surface area contributed by atoms with Crippen molar-refractivity contribution in [2.45, 2.75) is 19.3 Å². The molecule has 1 aromatic carbocycles. The second-order valence-corrected chi connectivity index (χ2v) is 5.14. The maximum atomic E-state index is 11.9. The summed E-state index contributed by atoms with van der Waals surface area (Å²) in [5.41, 5.74) is 4.48. The minimum atomic E-state index is 0.105. The summed E-state index contributed by atoms with van der Waals surface area (Å²) in [4.78, 5) is 17.3. The monoisotopic (exact) mass is 245 g/mol. The highest BCUT2D eigenvalue weighted by Gasteiger charge is 2.32. The number of phenolic OH excluding ortho intramolecular Hbond substituents is 1. The quantitative estimate of drug-likeness (QED) is 0.840. The number of aromatic nitrogens is 1. The van der Waals surface area contributed by atoms with Gasteiger partial charge in [-0.15, -0.1) is 11.3 Å². The predicted octanol–water partition coefficient (Wildman–Crippen LogP) is 2.88. The van der Waals surface area contributed by atoms with Crippen LogP contribution in [0.5, 0.6) is 5.75 Å². The molecule has 1 aliphatic carbocycles. The second-order valence-electron chi connectivity index (χ2n) is 4.25. The number of fused-ring (bicyclic) bond motifs is 1. The van der Waals surface area contributed by atoms with Gasteiger partial charge in [0, 0.05) is 22.8 Å². The Kier molecular flexibility index (Phi) is 2.26. The number of Topliss-reactive ketones (excluding diaryl/α,β-unsaturated/α-hetero) is 1. The molecule has 0 radical (unpaired) electrons. The second kappa shape index (κ2) is 3.67. The standard InChI is InChI=1S/C13H11NO2S/c1-7-13(17-6-14-7)11-5-12(16)10-4-8(15)2-3-9(10)11/h2-4,6,11,15H,5H2,1H3. The Hall–Kier alpha value is -1.68. The number of thiazole rings is 1. The van der Waals surface area contributed by atoms with E-state index in [0.29, 0.717) is 12.0 Å². The first kappa shape index (κ1) is 10.5. The number of aromatic hydroxyl groups is 1. The van der Waals surface area contributed by atoms with Gasteiger partial charge in [-0.1, -0.05) is 6.07 Å². The van der Waals surface area contributed by atoms with Gasteiger partial charge in [0.25, 0.3) is 0 Å². The summed E-state index contributed by atoms with van der Waals surface area (Å²) in [6.07, 6.45) is 0.488. The van der Waals surface area contributed by atoms with E-state index in [1.54, 1.807) is 23.5 Å². The molecule has 0 aliphatic heterocycles. The van der Waals surface area contributed by atoms with E-state index in [9.17, 15) is 9.90 Å². The lowest BCUT2D eigenvalue weighted by atomic mass is 9.98. The van der Waals surface area contributed by atoms with Crippen LogP contribution in [-0.4, -0.2) is 15.9 Å². The molecule has 0 fully saturated rings. The fourth-order valence-corrected chi connectivity index (χ4v) is 3.30. The van der Waals surface area contributed by atoms with Crippen molar-refractivity contribution in [3.63, 3.8) is 0 Å². The van der Waals surface area contributed by atoms with Crippen LogP contribution in [0.15, 0.2) is 23.7 Å². The van der Waals surface area contributed by atoms with Gasteiger partial charge >= 0.3 is 0 Å². The minimum absolute atomic E-state index is 0.105. The van der Waals surface area contributed by atoms with Gasteiger partial charge in [-0.3, -0.25) is 4.79 Å². The highest BCUT2D eigenvalue weighted by molar-refractivity contribution is 7.09. The van der Waals surface area contributed by atoms with Gasteiger partial charge in [0.05, 0.1) is 11.2 Å². The number of hydrogen-bond donors (Lipinski definition) is 1. The normalized spacial score (nSPS) is 18.4. The molecular weight excluding hydrogens is 234 g/mol. The molecule has 1 unspecified atom stereocenters. The summed E-state index contributed by atoms with van der Waals surface area (Å²) in [7, 11) is 0. The predicted molar refractivity (Wildman–Crippen MR) is 65.7 cm³/mol. The van der Waals surface area contributed by atoms with Crippen LogP contribution in [0.3, 0.4) is 0 Å². The third-order valence-electron chi connectivity index (χ3n) is 3.20. The van der Waals surface area contributed by atoms with Crippen molar-refractivity contribution in [1.82, 2.24) is 4.98 Å². The average molecular weight is 245 g/mol. The van der Waals surface area contributed by atoms with Crippen LogP contribution in [0.4, 0.5) is 0 Å². The van der Waals surface area contributed by atoms with Crippen molar-refractivity contribution in [3.05, 3.63) is 45.4 Å². The van der Waals surface area contributed by atoms with Crippen molar-refractivity contribution in [2.24, 2.45) is 0 Å². The molecule has 2 aromatic rings. The van der Waals surface area contributed by atoms with Crippen LogP contribution in [0.1, 0.15) is 38.8 Å². The Morgan fingerprint density at radius 3 is 3.00 bits per heavy atom. The highest BCUT2D eigenvalue weighted by atomic mass is 32.1. The van der Waals surface area contributed by atoms with Crippen molar-refractivity contribution in [2.75, 3.05) is 0 Å². The molecule has 1 aliphatic rings. The molecule has 0 saturated carbocycles. The van der Waals surface area contributed by atoms with Gasteiger partial charge in [-0.25, -0.2) is 4.98 Å². The molecule has 0 amide bonds. The molecule has 1 heterocycles. The van der Waals surface area contributed by atoms with Crippen LogP contribution in [-0.2, 0) is 0 Å². The van der Waals surface area contributed by atoms with Crippen LogP contribution >= 0.6 is 11.3 Å². The van der Waals surface area contributed by atoms with E-state index >= 15 is 0 Å². The SMILES string of the molecule is Cc1ncsc1C1CC(=O)c2cc(O)ccc21. The summed E-state index contributed by atoms with van der Waals surface area (Å²) >= 11 is 1.59. The maximum Gasteiger partial charge on any atom is 0.164 e. The number of hydrogen-bond acceptors (Lipinski definition) is 4. The first-order valence-electron chi connectivity index (χ1n) is 5.43. The first-order chi connectivity index (χ1) is 8.16. The Morgan fingerprint density at radius 1 is 1.47 bits per heavy atom. The van der Waals surface area contributed by atoms with Gasteiger partial charge in [0.2, 0.25) is 0 Å². The Balaban J connectivity index is 2.14. The van der Waals surface area contributed by atoms with E-state index in [0.717, 1.165) is 16.1 Å². The third kappa shape index (κ3) is 1.56. The zero-order valence-corrected chi connectivity index (χ0v) is 10.1. The zero-order valence-electron chi connectivity index (χ0n) is 9.30. The van der Waals surface area contributed by atoms with Gasteiger partial charge in [-0.2, -0.15) is 0 Å². The molecule has 1 atom stereocenters. The lowest BCUT2D eigenvalue weighted by molar-refractivity contribution is 0.0991. The van der Waals surface area contributed by atoms with Crippen LogP contribution in [0, 0.1) is 6.92 Å². The average Bonchev–Trinajstić information content (AvgIpc) is 2.84. The first-order valence-corrected chi connectivity index (χ1v) is 6.31. The van der Waals surface area contributed by atoms with E-state index < -0.39 is 0 Å². The zero-order chi connectivity index (χ0) is 12.0. The summed E-state index contributed by atoms with van der Waals surface area (Å²) in [6.45, 7) is 1.97. The number of carbonyl (C=O) groups excluding carboxylic acids is 1. The number of carbonyl (C=O) groups is 1. The lowest BCUT2D eigenvalue weighted by Gasteiger charge is -2.09. The number of phenols is 1. The lowest BCUT2D eigenvalue weighted by Crippen LogP contribution is -1.96. The van der Waals surface area contributed by atoms with Crippen molar-refractivity contribution in [3.8, 4) is 5.75 Å². The Morgan fingerprint density at radius 2 is 2.29 bits per heavy atom. The van der Waals surface area contributed by atoms with Crippen LogP contribution in [0.25, 0.3) is 0 Å². The van der Waals surface area contributed by atoms with Gasteiger partial charge < -0.3 is 5.11 Å². The van der Waals surface area contributed by atoms with Crippen LogP contribution in [0.2, 0.25) is 0 Å². The molecule has 0 spiro atoms.